The van der Waals surface area contributed by atoms with E-state index in [1.165, 1.54) is 12.5 Å². The molecule has 2 N–H and O–H groups in total. The second-order valence-corrected chi connectivity index (χ2v) is 6.55. The molecule has 2 fully saturated rings. The van der Waals surface area contributed by atoms with E-state index in [4.69, 9.17) is 5.11 Å². The zero-order chi connectivity index (χ0) is 17.6. The van der Waals surface area contributed by atoms with E-state index in [0.29, 0.717) is 6.54 Å². The molecule has 25 heavy (non-hydrogen) atoms. The van der Waals surface area contributed by atoms with Crippen molar-refractivity contribution in [3.8, 4) is 0 Å². The van der Waals surface area contributed by atoms with Crippen molar-refractivity contribution in [3.63, 3.8) is 0 Å². The lowest BCUT2D eigenvalue weighted by Crippen LogP contribution is -2.45. The third-order valence-corrected chi connectivity index (χ3v) is 4.64. The Labute approximate surface area is 147 Å². The molecule has 0 radical (unpaired) electrons. The molecule has 3 heterocycles. The summed E-state index contributed by atoms with van der Waals surface area (Å²) in [4.78, 5) is 31.2. The standard InChI is InChI=1S/C18H24N4O3/c23-17(24)7-5-14-4-6-16(19-12-14)20-15-8-11-22(13-15)18(25)21-9-2-1-3-10-21/h4-7,12,15H,1-3,8-11,13H2,(H,19,20)(H,23,24)/b7-5+. The molecule has 7 heteroatoms. The Morgan fingerprint density at radius 1 is 1.16 bits per heavy atom. The molecule has 3 rings (SSSR count). The third-order valence-electron chi connectivity index (χ3n) is 4.64. The Morgan fingerprint density at radius 2 is 1.96 bits per heavy atom. The largest absolute Gasteiger partial charge is 0.478 e. The van der Waals surface area contributed by atoms with Crippen molar-refractivity contribution in [2.75, 3.05) is 31.5 Å². The molecule has 0 saturated carbocycles. The topological polar surface area (TPSA) is 85.8 Å². The maximum absolute atomic E-state index is 12.5. The molecule has 0 aromatic carbocycles. The minimum absolute atomic E-state index is 0.158. The molecule has 134 valence electrons. The van der Waals surface area contributed by atoms with Gasteiger partial charge in [-0.2, -0.15) is 0 Å². The van der Waals surface area contributed by atoms with Gasteiger partial charge >= 0.3 is 12.0 Å². The van der Waals surface area contributed by atoms with Crippen molar-refractivity contribution in [2.45, 2.75) is 31.7 Å². The first kappa shape index (κ1) is 17.3. The molecule has 1 aromatic rings. The molecular formula is C18H24N4O3. The van der Waals surface area contributed by atoms with Gasteiger partial charge in [0.2, 0.25) is 0 Å². The van der Waals surface area contributed by atoms with Crippen LogP contribution in [0, 0.1) is 0 Å². The second-order valence-electron chi connectivity index (χ2n) is 6.55. The quantitative estimate of drug-likeness (QED) is 0.819. The predicted octanol–water partition coefficient (Wildman–Crippen LogP) is 2.27. The van der Waals surface area contributed by atoms with E-state index in [1.54, 1.807) is 6.20 Å². The molecule has 1 unspecified atom stereocenters. The number of urea groups is 1. The van der Waals surface area contributed by atoms with Crippen LogP contribution in [0.25, 0.3) is 6.08 Å². The van der Waals surface area contributed by atoms with E-state index < -0.39 is 5.97 Å². The van der Waals surface area contributed by atoms with E-state index in [0.717, 1.165) is 56.4 Å². The van der Waals surface area contributed by atoms with Gasteiger partial charge in [0.15, 0.2) is 0 Å². The van der Waals surface area contributed by atoms with Crippen LogP contribution in [-0.4, -0.2) is 64.1 Å². The van der Waals surface area contributed by atoms with Crippen LogP contribution in [0.1, 0.15) is 31.2 Å². The van der Waals surface area contributed by atoms with Crippen LogP contribution in [0.3, 0.4) is 0 Å². The van der Waals surface area contributed by atoms with Crippen LogP contribution < -0.4 is 5.32 Å². The number of anilines is 1. The first-order valence-electron chi connectivity index (χ1n) is 8.79. The molecule has 0 aliphatic carbocycles. The van der Waals surface area contributed by atoms with Crippen molar-refractivity contribution < 1.29 is 14.7 Å². The number of carbonyl (C=O) groups is 2. The highest BCUT2D eigenvalue weighted by molar-refractivity contribution is 5.85. The fourth-order valence-corrected chi connectivity index (χ4v) is 3.30. The molecule has 2 amide bonds. The molecule has 0 bridgehead atoms. The summed E-state index contributed by atoms with van der Waals surface area (Å²) in [5.41, 5.74) is 0.737. The number of nitrogens with zero attached hydrogens (tertiary/aromatic N) is 3. The molecule has 2 aliphatic heterocycles. The number of hydrogen-bond donors (Lipinski definition) is 2. The molecule has 2 aliphatic rings. The highest BCUT2D eigenvalue weighted by atomic mass is 16.4. The number of amides is 2. The number of carboxylic acids is 1. The lowest BCUT2D eigenvalue weighted by molar-refractivity contribution is -0.131. The van der Waals surface area contributed by atoms with Gasteiger partial charge in [0.05, 0.1) is 0 Å². The van der Waals surface area contributed by atoms with Gasteiger partial charge < -0.3 is 20.2 Å². The highest BCUT2D eigenvalue weighted by Crippen LogP contribution is 2.18. The Hall–Kier alpha value is -2.57. The van der Waals surface area contributed by atoms with Crippen LogP contribution in [-0.2, 0) is 4.79 Å². The molecule has 2 saturated heterocycles. The number of pyridine rings is 1. The summed E-state index contributed by atoms with van der Waals surface area (Å²) in [6, 6.07) is 4.00. The maximum atomic E-state index is 12.5. The molecule has 1 atom stereocenters. The minimum Gasteiger partial charge on any atom is -0.478 e. The monoisotopic (exact) mass is 344 g/mol. The fourth-order valence-electron chi connectivity index (χ4n) is 3.30. The van der Waals surface area contributed by atoms with Gasteiger partial charge in [0, 0.05) is 44.5 Å². The van der Waals surface area contributed by atoms with Crippen LogP contribution >= 0.6 is 0 Å². The number of nitrogens with one attached hydrogen (secondary N) is 1. The van der Waals surface area contributed by atoms with Gasteiger partial charge in [-0.05, 0) is 49.5 Å². The van der Waals surface area contributed by atoms with Crippen molar-refractivity contribution in [3.05, 3.63) is 30.0 Å². The van der Waals surface area contributed by atoms with Crippen LogP contribution in [0.2, 0.25) is 0 Å². The number of carboxylic acid groups (broad SMARTS) is 1. The number of aliphatic carboxylic acids is 1. The highest BCUT2D eigenvalue weighted by Gasteiger charge is 2.29. The van der Waals surface area contributed by atoms with E-state index in [-0.39, 0.29) is 12.1 Å². The van der Waals surface area contributed by atoms with Crippen molar-refractivity contribution in [1.82, 2.24) is 14.8 Å². The van der Waals surface area contributed by atoms with Crippen LogP contribution in [0.15, 0.2) is 24.4 Å². The summed E-state index contributed by atoms with van der Waals surface area (Å²) < 4.78 is 0. The Kier molecular flexibility index (Phi) is 5.53. The smallest absolute Gasteiger partial charge is 0.328 e. The zero-order valence-corrected chi connectivity index (χ0v) is 14.2. The van der Waals surface area contributed by atoms with E-state index in [1.807, 2.05) is 21.9 Å². The van der Waals surface area contributed by atoms with E-state index in [2.05, 4.69) is 10.3 Å². The number of aromatic nitrogens is 1. The molecular weight excluding hydrogens is 320 g/mol. The normalized spacial score (nSPS) is 20.9. The predicted molar refractivity (Wildman–Crippen MR) is 95.3 cm³/mol. The summed E-state index contributed by atoms with van der Waals surface area (Å²) in [7, 11) is 0. The summed E-state index contributed by atoms with van der Waals surface area (Å²) in [5.74, 6) is -0.239. The van der Waals surface area contributed by atoms with Gasteiger partial charge in [-0.3, -0.25) is 0 Å². The maximum Gasteiger partial charge on any atom is 0.328 e. The Bertz CT molecular complexity index is 638. The van der Waals surface area contributed by atoms with Gasteiger partial charge in [0.1, 0.15) is 5.82 Å². The first-order chi connectivity index (χ1) is 12.1. The van der Waals surface area contributed by atoms with E-state index >= 15 is 0 Å². The number of likely N-dealkylation sites (tertiary alicyclic amines) is 2. The summed E-state index contributed by atoms with van der Waals surface area (Å²) >= 11 is 0. The SMILES string of the molecule is O=C(O)/C=C/c1ccc(NC2CCN(C(=O)N3CCCCC3)C2)nc1. The second kappa shape index (κ2) is 8.00. The van der Waals surface area contributed by atoms with Gasteiger partial charge in [-0.25, -0.2) is 14.6 Å². The average molecular weight is 344 g/mol. The van der Waals surface area contributed by atoms with Gasteiger partial charge in [0.25, 0.3) is 0 Å². The van der Waals surface area contributed by atoms with Gasteiger partial charge in [-0.15, -0.1) is 0 Å². The van der Waals surface area contributed by atoms with Crippen molar-refractivity contribution >= 4 is 23.9 Å². The summed E-state index contributed by atoms with van der Waals surface area (Å²) in [6.45, 7) is 3.21. The minimum atomic E-state index is -0.980. The molecule has 7 nitrogen and oxygen atoms in total. The summed E-state index contributed by atoms with van der Waals surface area (Å²) in [5, 5.41) is 12.0. The summed E-state index contributed by atoms with van der Waals surface area (Å²) in [6.07, 6.45) is 8.56. The average Bonchev–Trinajstić information content (AvgIpc) is 3.09. The fraction of sp³-hybridized carbons (Fsp3) is 0.500. The number of carbonyl (C=O) groups excluding carboxylic acids is 1. The third kappa shape index (κ3) is 4.71. The molecule has 0 spiro atoms. The number of rotatable bonds is 4. The van der Waals surface area contributed by atoms with Crippen molar-refractivity contribution in [2.24, 2.45) is 0 Å². The Balaban J connectivity index is 1.51. The van der Waals surface area contributed by atoms with Crippen LogP contribution in [0.4, 0.5) is 10.6 Å². The molecule has 1 aromatic heterocycles. The van der Waals surface area contributed by atoms with E-state index in [9.17, 15) is 9.59 Å². The van der Waals surface area contributed by atoms with Gasteiger partial charge in [-0.1, -0.05) is 0 Å². The van der Waals surface area contributed by atoms with Crippen LogP contribution in [0.5, 0.6) is 0 Å². The zero-order valence-electron chi connectivity index (χ0n) is 14.2. The number of piperidine rings is 1. The lowest BCUT2D eigenvalue weighted by atomic mass is 10.1. The van der Waals surface area contributed by atoms with Crippen molar-refractivity contribution in [1.29, 1.82) is 0 Å². The first-order valence-corrected chi connectivity index (χ1v) is 8.79. The lowest BCUT2D eigenvalue weighted by Gasteiger charge is -2.31. The Morgan fingerprint density at radius 3 is 2.64 bits per heavy atom. The number of hydrogen-bond acceptors (Lipinski definition) is 4.